The summed E-state index contributed by atoms with van der Waals surface area (Å²) in [5, 5.41) is 10.5. The zero-order valence-corrected chi connectivity index (χ0v) is 19.2. The first kappa shape index (κ1) is 26.0. The van der Waals surface area contributed by atoms with E-state index in [9.17, 15) is 9.90 Å². The molecule has 2 aliphatic heterocycles. The fourth-order valence-corrected chi connectivity index (χ4v) is 3.42. The van der Waals surface area contributed by atoms with Gasteiger partial charge in [-0.2, -0.15) is 0 Å². The topological polar surface area (TPSA) is 83.5 Å². The maximum absolute atomic E-state index is 12.2. The Kier molecular flexibility index (Phi) is 9.76. The normalized spacial score (nSPS) is 28.6. The summed E-state index contributed by atoms with van der Waals surface area (Å²) in [6.45, 7) is 17.3. The molecule has 0 bridgehead atoms. The number of carbonyl (C=O) groups excluding carboxylic acids is 1. The summed E-state index contributed by atoms with van der Waals surface area (Å²) in [7, 11) is 0. The van der Waals surface area contributed by atoms with Crippen LogP contribution in [-0.4, -0.2) is 53.9 Å². The van der Waals surface area contributed by atoms with Crippen molar-refractivity contribution >= 4 is 5.97 Å². The molecule has 2 heterocycles. The number of hydrogen-bond donors (Lipinski definition) is 1. The number of aliphatic hydroxyl groups is 1. The van der Waals surface area contributed by atoms with Crippen LogP contribution in [0.15, 0.2) is 12.2 Å². The highest BCUT2D eigenvalue weighted by Gasteiger charge is 2.59. The van der Waals surface area contributed by atoms with Gasteiger partial charge in [-0.05, 0) is 32.6 Å². The van der Waals surface area contributed by atoms with Gasteiger partial charge in [0.1, 0.15) is 6.61 Å². The molecule has 0 aliphatic carbocycles. The Labute approximate surface area is 175 Å². The van der Waals surface area contributed by atoms with Gasteiger partial charge in [-0.1, -0.05) is 48.1 Å². The van der Waals surface area contributed by atoms with Crippen LogP contribution in [-0.2, 0) is 28.5 Å². The third-order valence-corrected chi connectivity index (χ3v) is 5.54. The predicted octanol–water partition coefficient (Wildman–Crippen LogP) is 4.07. The number of hydrogen-bond acceptors (Lipinski definition) is 7. The Balaban J connectivity index is 0.00000204. The van der Waals surface area contributed by atoms with Gasteiger partial charge < -0.3 is 28.8 Å². The van der Waals surface area contributed by atoms with E-state index in [0.717, 1.165) is 0 Å². The standard InChI is InChI=1S/C20H34O7.C2H6/c1-7-18(22,8-2)26-15-11-16(25-17(21)14(5)6)20(23-12-15)13-24-19(9-3,10-4)27-20;1-2/h15-16,22H,5,7-13H2,1-4,6H3;1-2H3/t15-,16-,20-;/m0./s1. The molecule has 29 heavy (non-hydrogen) atoms. The molecule has 1 spiro atoms. The average Bonchev–Trinajstić information content (AvgIpc) is 3.12. The maximum Gasteiger partial charge on any atom is 0.333 e. The van der Waals surface area contributed by atoms with Crippen LogP contribution in [0.1, 0.15) is 80.6 Å². The van der Waals surface area contributed by atoms with Crippen molar-refractivity contribution in [2.75, 3.05) is 13.2 Å². The Morgan fingerprint density at radius 3 is 2.21 bits per heavy atom. The second kappa shape index (κ2) is 10.9. The van der Waals surface area contributed by atoms with E-state index in [1.54, 1.807) is 6.92 Å². The molecule has 170 valence electrons. The molecule has 0 amide bonds. The van der Waals surface area contributed by atoms with Gasteiger partial charge in [0, 0.05) is 12.0 Å². The van der Waals surface area contributed by atoms with Crippen LogP contribution >= 0.6 is 0 Å². The van der Waals surface area contributed by atoms with Crippen LogP contribution in [0.4, 0.5) is 0 Å². The first-order valence-electron chi connectivity index (χ1n) is 10.9. The molecule has 2 aliphatic rings. The van der Waals surface area contributed by atoms with E-state index in [1.165, 1.54) is 0 Å². The van der Waals surface area contributed by atoms with E-state index >= 15 is 0 Å². The summed E-state index contributed by atoms with van der Waals surface area (Å²) in [4.78, 5) is 12.2. The quantitative estimate of drug-likeness (QED) is 0.363. The van der Waals surface area contributed by atoms with Crippen molar-refractivity contribution in [1.29, 1.82) is 0 Å². The van der Waals surface area contributed by atoms with E-state index in [1.807, 2.05) is 41.5 Å². The smallest absolute Gasteiger partial charge is 0.333 e. The van der Waals surface area contributed by atoms with Gasteiger partial charge in [0.2, 0.25) is 5.79 Å². The predicted molar refractivity (Wildman–Crippen MR) is 110 cm³/mol. The molecular formula is C22H40O7. The zero-order valence-electron chi connectivity index (χ0n) is 19.2. The van der Waals surface area contributed by atoms with Crippen molar-refractivity contribution < 1.29 is 33.6 Å². The fourth-order valence-electron chi connectivity index (χ4n) is 3.42. The molecule has 2 fully saturated rings. The first-order chi connectivity index (χ1) is 13.7. The monoisotopic (exact) mass is 416 g/mol. The Morgan fingerprint density at radius 1 is 1.17 bits per heavy atom. The molecule has 7 nitrogen and oxygen atoms in total. The van der Waals surface area contributed by atoms with E-state index in [0.29, 0.717) is 37.7 Å². The summed E-state index contributed by atoms with van der Waals surface area (Å²) in [5.41, 5.74) is 0.294. The van der Waals surface area contributed by atoms with Gasteiger partial charge >= 0.3 is 5.97 Å². The second-order valence-electron chi connectivity index (χ2n) is 7.43. The van der Waals surface area contributed by atoms with Gasteiger partial charge in [-0.3, -0.25) is 0 Å². The van der Waals surface area contributed by atoms with Crippen molar-refractivity contribution in [1.82, 2.24) is 0 Å². The van der Waals surface area contributed by atoms with Crippen molar-refractivity contribution in [3.05, 3.63) is 12.2 Å². The van der Waals surface area contributed by atoms with E-state index in [4.69, 9.17) is 23.7 Å². The minimum absolute atomic E-state index is 0.168. The maximum atomic E-state index is 12.2. The molecule has 0 unspecified atom stereocenters. The van der Waals surface area contributed by atoms with Crippen LogP contribution in [0, 0.1) is 0 Å². The Hall–Kier alpha value is -0.990. The highest BCUT2D eigenvalue weighted by molar-refractivity contribution is 5.87. The lowest BCUT2D eigenvalue weighted by Gasteiger charge is -2.44. The molecular weight excluding hydrogens is 376 g/mol. The van der Waals surface area contributed by atoms with Crippen LogP contribution in [0.25, 0.3) is 0 Å². The molecule has 0 saturated carbocycles. The van der Waals surface area contributed by atoms with Gasteiger partial charge in [0.25, 0.3) is 0 Å². The minimum Gasteiger partial charge on any atom is -0.453 e. The molecule has 0 radical (unpaired) electrons. The average molecular weight is 417 g/mol. The lowest BCUT2D eigenvalue weighted by Crippen LogP contribution is -2.58. The van der Waals surface area contributed by atoms with Crippen molar-refractivity contribution in [3.63, 3.8) is 0 Å². The highest BCUT2D eigenvalue weighted by atomic mass is 16.8. The highest BCUT2D eigenvalue weighted by Crippen LogP contribution is 2.44. The summed E-state index contributed by atoms with van der Waals surface area (Å²) >= 11 is 0. The van der Waals surface area contributed by atoms with Gasteiger partial charge in [-0.25, -0.2) is 4.79 Å². The van der Waals surface area contributed by atoms with Crippen molar-refractivity contribution in [2.24, 2.45) is 0 Å². The summed E-state index contributed by atoms with van der Waals surface area (Å²) in [6.07, 6.45) is 1.41. The lowest BCUT2D eigenvalue weighted by atomic mass is 9.99. The minimum atomic E-state index is -1.23. The first-order valence-corrected chi connectivity index (χ1v) is 10.9. The molecule has 0 aromatic rings. The fraction of sp³-hybridized carbons (Fsp3) is 0.864. The summed E-state index contributed by atoms with van der Waals surface area (Å²) in [5.74, 6) is -3.67. The largest absolute Gasteiger partial charge is 0.453 e. The van der Waals surface area contributed by atoms with E-state index in [2.05, 4.69) is 6.58 Å². The second-order valence-corrected chi connectivity index (χ2v) is 7.43. The van der Waals surface area contributed by atoms with Gasteiger partial charge in [0.15, 0.2) is 17.7 Å². The van der Waals surface area contributed by atoms with Crippen LogP contribution in [0.3, 0.4) is 0 Å². The summed E-state index contributed by atoms with van der Waals surface area (Å²) in [6, 6.07) is 0. The SMILES string of the molecule is C=C(C)C(=O)O[C@H]1C[C@H](OC(O)(CC)CC)CO[C@]12COC(CC)(CC)O2.CC. The zero-order chi connectivity index (χ0) is 22.3. The summed E-state index contributed by atoms with van der Waals surface area (Å²) < 4.78 is 29.7. The van der Waals surface area contributed by atoms with Gasteiger partial charge in [-0.15, -0.1) is 0 Å². The van der Waals surface area contributed by atoms with Crippen LogP contribution in [0.5, 0.6) is 0 Å². The van der Waals surface area contributed by atoms with E-state index < -0.39 is 35.5 Å². The third-order valence-electron chi connectivity index (χ3n) is 5.54. The molecule has 7 heteroatoms. The van der Waals surface area contributed by atoms with Crippen LogP contribution in [0.2, 0.25) is 0 Å². The third kappa shape index (κ3) is 6.01. The number of ether oxygens (including phenoxy) is 5. The number of rotatable bonds is 8. The molecule has 0 aromatic carbocycles. The molecule has 2 saturated heterocycles. The van der Waals surface area contributed by atoms with Gasteiger partial charge in [0.05, 0.1) is 12.7 Å². The van der Waals surface area contributed by atoms with Crippen molar-refractivity contribution in [2.45, 2.75) is 110 Å². The number of carbonyl (C=O) groups is 1. The number of esters is 1. The Bertz CT molecular complexity index is 539. The Morgan fingerprint density at radius 2 is 1.76 bits per heavy atom. The van der Waals surface area contributed by atoms with Crippen LogP contribution < -0.4 is 0 Å². The lowest BCUT2D eigenvalue weighted by molar-refractivity contribution is -0.343. The molecule has 2 rings (SSSR count). The van der Waals surface area contributed by atoms with Crippen molar-refractivity contribution in [3.8, 4) is 0 Å². The molecule has 3 atom stereocenters. The molecule has 0 aromatic heterocycles. The molecule has 1 N–H and O–H groups in total. The van der Waals surface area contributed by atoms with E-state index in [-0.39, 0.29) is 13.2 Å².